The van der Waals surface area contributed by atoms with Gasteiger partial charge in [-0.3, -0.25) is 0 Å². The van der Waals surface area contributed by atoms with Gasteiger partial charge in [0, 0.05) is 0 Å². The Morgan fingerprint density at radius 3 is 2.67 bits per heavy atom. The first-order valence-electron chi connectivity index (χ1n) is 5.92. The van der Waals surface area contributed by atoms with Crippen molar-refractivity contribution in [2.24, 2.45) is 23.7 Å². The second-order valence-corrected chi connectivity index (χ2v) is 5.89. The molecule has 64 valence electrons. The minimum atomic E-state index is 1.19. The van der Waals surface area contributed by atoms with Gasteiger partial charge in [0.05, 0.1) is 0 Å². The molecule has 0 amide bonds. The average molecular weight is 160 g/mol. The largest absolute Gasteiger partial charge is 0.128 e. The van der Waals surface area contributed by atoms with E-state index in [0.717, 1.165) is 0 Å². The first-order valence-corrected chi connectivity index (χ1v) is 5.92. The second kappa shape index (κ2) is 1.94. The van der Waals surface area contributed by atoms with Crippen molar-refractivity contribution in [3.05, 3.63) is 0 Å². The van der Waals surface area contributed by atoms with E-state index >= 15 is 0 Å². The van der Waals surface area contributed by atoms with Crippen LogP contribution >= 0.6 is 0 Å². The first kappa shape index (κ1) is 6.51. The Hall–Kier alpha value is 0.0649. The summed E-state index contributed by atoms with van der Waals surface area (Å²) >= 11 is 0. The van der Waals surface area contributed by atoms with Crippen LogP contribution in [0.3, 0.4) is 0 Å². The zero-order valence-corrected chi connectivity index (χ0v) is 7.71. The predicted molar refractivity (Wildman–Crippen MR) is 51.7 cm³/mol. The lowest BCUT2D eigenvalue weighted by Gasteiger charge is -2.50. The number of rotatable bonds is 0. The molecule has 2 saturated carbocycles. The summed E-state index contributed by atoms with van der Waals surface area (Å²) in [6.07, 6.45) is 8.12. The highest BCUT2D eigenvalue weighted by atomic mass is 14.6. The Morgan fingerprint density at radius 1 is 0.833 bits per heavy atom. The van der Waals surface area contributed by atoms with Gasteiger partial charge in [-0.25, -0.2) is 0 Å². The summed E-state index contributed by atoms with van der Waals surface area (Å²) < 4.78 is 0. The van der Waals surface area contributed by atoms with E-state index in [2.05, 4.69) is 0 Å². The van der Waals surface area contributed by atoms with Gasteiger partial charge < -0.3 is 0 Å². The molecule has 0 radical (unpaired) electrons. The third-order valence-electron chi connectivity index (χ3n) is 5.70. The molecular weight excluding hydrogens is 143 g/mol. The van der Waals surface area contributed by atoms with E-state index in [1.54, 1.807) is 39.4 Å². The van der Waals surface area contributed by atoms with E-state index in [4.69, 9.17) is 0 Å². The molecule has 0 aromatic carbocycles. The average Bonchev–Trinajstić information content (AvgIpc) is 2.08. The highest BCUT2D eigenvalue weighted by molar-refractivity contribution is 6.41. The Bertz CT molecular complexity index is 211. The zero-order valence-electron chi connectivity index (χ0n) is 7.71. The minimum absolute atomic E-state index is 1.19. The standard InChI is InChI=1S/C11H17B/c1-2-10-8-3-7(4-8)9-5-6(1)11(9)12-10/h6-12H,1-5H2. The Labute approximate surface area is 75.4 Å². The molecule has 3 saturated heterocycles. The van der Waals surface area contributed by atoms with E-state index in [1.807, 2.05) is 0 Å². The van der Waals surface area contributed by atoms with Gasteiger partial charge in [0.2, 0.25) is 0 Å². The molecule has 1 heteroatoms. The van der Waals surface area contributed by atoms with E-state index in [-0.39, 0.29) is 0 Å². The molecule has 0 spiro atoms. The van der Waals surface area contributed by atoms with Crippen LogP contribution in [-0.4, -0.2) is 7.28 Å². The van der Waals surface area contributed by atoms with Crippen LogP contribution in [0.4, 0.5) is 0 Å². The molecule has 4 bridgehead atoms. The summed E-state index contributed by atoms with van der Waals surface area (Å²) in [6, 6.07) is 0. The lowest BCUT2D eigenvalue weighted by atomic mass is 9.37. The lowest BCUT2D eigenvalue weighted by Crippen LogP contribution is -2.40. The van der Waals surface area contributed by atoms with Crippen molar-refractivity contribution < 1.29 is 0 Å². The molecule has 3 heterocycles. The lowest BCUT2D eigenvalue weighted by molar-refractivity contribution is 0.0624. The SMILES string of the molecule is B1C2CCC3CC(C4CC2C4)C13. The van der Waals surface area contributed by atoms with Gasteiger partial charge in [-0.1, -0.05) is 24.5 Å². The van der Waals surface area contributed by atoms with Crippen LogP contribution in [-0.2, 0) is 0 Å². The van der Waals surface area contributed by atoms with Crippen molar-refractivity contribution in [3.63, 3.8) is 0 Å². The Morgan fingerprint density at radius 2 is 1.75 bits per heavy atom. The van der Waals surface area contributed by atoms with Gasteiger partial charge in [-0.2, -0.15) is 0 Å². The fraction of sp³-hybridized carbons (Fsp3) is 1.00. The topological polar surface area (TPSA) is 0 Å². The monoisotopic (exact) mass is 160 g/mol. The predicted octanol–water partition coefficient (Wildman–Crippen LogP) is 2.47. The van der Waals surface area contributed by atoms with Crippen LogP contribution in [0.15, 0.2) is 0 Å². The fourth-order valence-electron chi connectivity index (χ4n) is 4.86. The fourth-order valence-corrected chi connectivity index (χ4v) is 4.86. The normalized spacial score (nSPS) is 65.3. The molecule has 3 aliphatic heterocycles. The molecule has 4 unspecified atom stereocenters. The molecule has 5 fully saturated rings. The van der Waals surface area contributed by atoms with Gasteiger partial charge in [-0.05, 0) is 42.9 Å². The quantitative estimate of drug-likeness (QED) is 0.477. The maximum atomic E-state index is 1.65. The molecule has 5 rings (SSSR count). The van der Waals surface area contributed by atoms with Crippen molar-refractivity contribution in [2.75, 3.05) is 0 Å². The van der Waals surface area contributed by atoms with Crippen LogP contribution in [0.2, 0.25) is 11.6 Å². The highest BCUT2D eigenvalue weighted by Crippen LogP contribution is 2.66. The third kappa shape index (κ3) is 0.602. The van der Waals surface area contributed by atoms with Crippen molar-refractivity contribution in [3.8, 4) is 0 Å². The van der Waals surface area contributed by atoms with Crippen LogP contribution in [0.25, 0.3) is 0 Å². The molecule has 0 aromatic heterocycles. The van der Waals surface area contributed by atoms with Crippen LogP contribution in [0.5, 0.6) is 0 Å². The molecule has 0 N–H and O–H groups in total. The smallest absolute Gasteiger partial charge is 0.0626 e. The summed E-state index contributed by atoms with van der Waals surface area (Å²) in [5.74, 6) is 7.23. The van der Waals surface area contributed by atoms with Gasteiger partial charge in [0.15, 0.2) is 0 Å². The molecule has 12 heavy (non-hydrogen) atoms. The van der Waals surface area contributed by atoms with E-state index in [0.29, 0.717) is 0 Å². The van der Waals surface area contributed by atoms with Crippen molar-refractivity contribution in [1.82, 2.24) is 0 Å². The Balaban J connectivity index is 1.73. The second-order valence-electron chi connectivity index (χ2n) is 5.89. The van der Waals surface area contributed by atoms with Gasteiger partial charge in [-0.15, -0.1) is 0 Å². The number of hydrogen-bond donors (Lipinski definition) is 0. The van der Waals surface area contributed by atoms with E-state index in [9.17, 15) is 0 Å². The van der Waals surface area contributed by atoms with Crippen molar-refractivity contribution >= 4 is 7.28 Å². The molecule has 4 atom stereocenters. The molecule has 0 nitrogen and oxygen atoms in total. The van der Waals surface area contributed by atoms with Gasteiger partial charge in [0.1, 0.15) is 7.28 Å². The summed E-state index contributed by atoms with van der Waals surface area (Å²) in [7, 11) is 1.65. The van der Waals surface area contributed by atoms with Crippen molar-refractivity contribution in [1.29, 1.82) is 0 Å². The summed E-state index contributed by atoms with van der Waals surface area (Å²) in [5, 5.41) is 0. The molecule has 5 aliphatic rings. The number of hydrogen-bond acceptors (Lipinski definition) is 0. The molecule has 2 aliphatic carbocycles. The highest BCUT2D eigenvalue weighted by Gasteiger charge is 2.56. The third-order valence-corrected chi connectivity index (χ3v) is 5.70. The van der Waals surface area contributed by atoms with Crippen molar-refractivity contribution in [2.45, 2.75) is 43.7 Å². The van der Waals surface area contributed by atoms with E-state index < -0.39 is 0 Å². The van der Waals surface area contributed by atoms with Crippen LogP contribution in [0.1, 0.15) is 32.1 Å². The van der Waals surface area contributed by atoms with Gasteiger partial charge >= 0.3 is 0 Å². The van der Waals surface area contributed by atoms with Crippen LogP contribution < -0.4 is 0 Å². The Kier molecular flexibility index (Phi) is 1.05. The minimum Gasteiger partial charge on any atom is -0.0626 e. The summed E-state index contributed by atoms with van der Waals surface area (Å²) in [5.41, 5.74) is 0. The molecular formula is C11H17B. The maximum absolute atomic E-state index is 1.65. The molecule has 0 aromatic rings. The summed E-state index contributed by atoms with van der Waals surface area (Å²) in [4.78, 5) is 0. The van der Waals surface area contributed by atoms with E-state index in [1.165, 1.54) is 35.3 Å². The first-order chi connectivity index (χ1) is 5.92. The maximum Gasteiger partial charge on any atom is 0.128 e. The summed E-state index contributed by atoms with van der Waals surface area (Å²) in [6.45, 7) is 0. The van der Waals surface area contributed by atoms with Gasteiger partial charge in [0.25, 0.3) is 0 Å². The zero-order chi connectivity index (χ0) is 7.71. The van der Waals surface area contributed by atoms with Crippen LogP contribution in [0, 0.1) is 23.7 Å².